The molecule has 1 aliphatic heterocycles. The lowest BCUT2D eigenvalue weighted by Crippen LogP contribution is -2.35. The smallest absolute Gasteiger partial charge is 0.277 e. The molecule has 1 aliphatic rings. The van der Waals surface area contributed by atoms with Gasteiger partial charge in [0.25, 0.3) is 11.8 Å². The number of benzene rings is 1. The van der Waals surface area contributed by atoms with E-state index in [1.165, 1.54) is 61.3 Å². The van der Waals surface area contributed by atoms with Gasteiger partial charge in [-0.05, 0) is 24.1 Å². The van der Waals surface area contributed by atoms with Gasteiger partial charge in [0, 0.05) is 20.1 Å². The van der Waals surface area contributed by atoms with Crippen LogP contribution in [0.1, 0.15) is 63.9 Å². The Balaban J connectivity index is 2.03. The van der Waals surface area contributed by atoms with E-state index < -0.39 is 5.82 Å². The highest BCUT2D eigenvalue weighted by atomic mass is 19.1. The normalized spacial score (nSPS) is 14.3. The summed E-state index contributed by atoms with van der Waals surface area (Å²) in [6.07, 6.45) is 9.07. The summed E-state index contributed by atoms with van der Waals surface area (Å²) in [5, 5.41) is 9.26. The zero-order chi connectivity index (χ0) is 21.2. The van der Waals surface area contributed by atoms with Gasteiger partial charge in [0.1, 0.15) is 11.5 Å². The van der Waals surface area contributed by atoms with Crippen LogP contribution in [0.25, 0.3) is 5.57 Å². The molecule has 0 fully saturated rings. The maximum Gasteiger partial charge on any atom is 0.277 e. The topological polar surface area (TPSA) is 60.9 Å². The van der Waals surface area contributed by atoms with Gasteiger partial charge >= 0.3 is 0 Å². The van der Waals surface area contributed by atoms with Crippen molar-refractivity contribution in [2.75, 3.05) is 26.7 Å². The van der Waals surface area contributed by atoms with Gasteiger partial charge in [-0.1, -0.05) is 64.0 Å². The molecule has 0 aromatic heterocycles. The van der Waals surface area contributed by atoms with Gasteiger partial charge < -0.3 is 10.0 Å². The van der Waals surface area contributed by atoms with Crippen molar-refractivity contribution >= 4 is 17.4 Å². The largest absolute Gasteiger partial charge is 0.395 e. The number of hydrogen-bond acceptors (Lipinski definition) is 4. The lowest BCUT2D eigenvalue weighted by molar-refractivity contribution is -0.137. The van der Waals surface area contributed by atoms with Crippen molar-refractivity contribution in [2.24, 2.45) is 0 Å². The van der Waals surface area contributed by atoms with Gasteiger partial charge in [0.05, 0.1) is 12.2 Å². The Hall–Kier alpha value is -2.21. The van der Waals surface area contributed by atoms with E-state index in [0.29, 0.717) is 12.1 Å². The van der Waals surface area contributed by atoms with Crippen molar-refractivity contribution in [3.05, 3.63) is 41.3 Å². The number of rotatable bonds is 13. The van der Waals surface area contributed by atoms with Gasteiger partial charge in [-0.25, -0.2) is 4.39 Å². The predicted octanol–water partition coefficient (Wildman–Crippen LogP) is 3.97. The summed E-state index contributed by atoms with van der Waals surface area (Å²) < 4.78 is 13.3. The van der Waals surface area contributed by atoms with E-state index in [1.807, 2.05) is 0 Å². The summed E-state index contributed by atoms with van der Waals surface area (Å²) in [5.41, 5.74) is 1.07. The van der Waals surface area contributed by atoms with Gasteiger partial charge in [0.2, 0.25) is 0 Å². The van der Waals surface area contributed by atoms with Crippen LogP contribution in [0.3, 0.4) is 0 Å². The van der Waals surface area contributed by atoms with Crippen molar-refractivity contribution in [3.63, 3.8) is 0 Å². The number of halogens is 1. The minimum absolute atomic E-state index is 0.129. The molecule has 2 amide bonds. The van der Waals surface area contributed by atoms with E-state index >= 15 is 0 Å². The quantitative estimate of drug-likeness (QED) is 0.399. The molecule has 2 rings (SSSR count). The zero-order valence-corrected chi connectivity index (χ0v) is 17.6. The number of imide groups is 1. The average Bonchev–Trinajstić information content (AvgIpc) is 2.95. The molecular formula is C23H33FN2O3. The van der Waals surface area contributed by atoms with Gasteiger partial charge in [0.15, 0.2) is 0 Å². The Labute approximate surface area is 173 Å². The highest BCUT2D eigenvalue weighted by molar-refractivity contribution is 6.35. The van der Waals surface area contributed by atoms with Crippen LogP contribution in [0.2, 0.25) is 0 Å². The van der Waals surface area contributed by atoms with Crippen LogP contribution in [-0.2, 0) is 9.59 Å². The number of carbonyl (C=O) groups is 2. The van der Waals surface area contributed by atoms with Crippen molar-refractivity contribution in [2.45, 2.75) is 58.3 Å². The van der Waals surface area contributed by atoms with Gasteiger partial charge in [-0.15, -0.1) is 0 Å². The van der Waals surface area contributed by atoms with E-state index in [2.05, 4.69) is 6.92 Å². The Morgan fingerprint density at radius 1 is 0.931 bits per heavy atom. The highest BCUT2D eigenvalue weighted by Crippen LogP contribution is 2.31. The zero-order valence-electron chi connectivity index (χ0n) is 17.6. The van der Waals surface area contributed by atoms with Crippen molar-refractivity contribution in [1.82, 2.24) is 9.80 Å². The van der Waals surface area contributed by atoms with Crippen LogP contribution >= 0.6 is 0 Å². The summed E-state index contributed by atoms with van der Waals surface area (Å²) in [6, 6.07) is 5.60. The van der Waals surface area contributed by atoms with E-state index in [1.54, 1.807) is 11.9 Å². The molecule has 0 radical (unpaired) electrons. The number of amides is 2. The second-order valence-corrected chi connectivity index (χ2v) is 7.61. The SMILES string of the molecule is CCCCCCCCCCN1C(=O)C(c2ccc(F)cc2)=C(N(C)CCO)C1=O. The summed E-state index contributed by atoms with van der Waals surface area (Å²) in [7, 11) is 1.68. The fraction of sp³-hybridized carbons (Fsp3) is 0.565. The first-order chi connectivity index (χ1) is 14.0. The third-order valence-electron chi connectivity index (χ3n) is 5.33. The molecule has 0 bridgehead atoms. The first-order valence-electron chi connectivity index (χ1n) is 10.7. The number of nitrogens with zero attached hydrogens (tertiary/aromatic N) is 2. The van der Waals surface area contributed by atoms with E-state index in [9.17, 15) is 19.1 Å². The van der Waals surface area contributed by atoms with Crippen molar-refractivity contribution < 1.29 is 19.1 Å². The van der Waals surface area contributed by atoms with E-state index in [0.717, 1.165) is 19.3 Å². The molecule has 29 heavy (non-hydrogen) atoms. The first kappa shape index (κ1) is 23.1. The number of unbranched alkanes of at least 4 members (excludes halogenated alkanes) is 7. The molecule has 0 aliphatic carbocycles. The molecule has 6 heteroatoms. The number of hydrogen-bond donors (Lipinski definition) is 1. The van der Waals surface area contributed by atoms with Crippen molar-refractivity contribution in [1.29, 1.82) is 0 Å². The Morgan fingerprint density at radius 3 is 2.10 bits per heavy atom. The number of aliphatic hydroxyl groups excluding tert-OH is 1. The maximum atomic E-state index is 13.3. The number of aliphatic hydroxyl groups is 1. The number of likely N-dealkylation sites (N-methyl/N-ethyl adjacent to an activating group) is 1. The molecule has 160 valence electrons. The highest BCUT2D eigenvalue weighted by Gasteiger charge is 2.40. The predicted molar refractivity (Wildman–Crippen MR) is 112 cm³/mol. The van der Waals surface area contributed by atoms with E-state index in [4.69, 9.17) is 0 Å². The number of carbonyl (C=O) groups excluding carboxylic acids is 2. The Morgan fingerprint density at radius 2 is 1.52 bits per heavy atom. The molecule has 0 atom stereocenters. The van der Waals surface area contributed by atoms with Crippen LogP contribution < -0.4 is 0 Å². The monoisotopic (exact) mass is 404 g/mol. The molecule has 0 saturated heterocycles. The third kappa shape index (κ3) is 6.13. The molecule has 1 aromatic rings. The summed E-state index contributed by atoms with van der Waals surface area (Å²) in [4.78, 5) is 28.9. The fourth-order valence-electron chi connectivity index (χ4n) is 3.66. The molecule has 0 saturated carbocycles. The fourth-order valence-corrected chi connectivity index (χ4v) is 3.66. The average molecular weight is 405 g/mol. The molecule has 0 unspecified atom stereocenters. The second-order valence-electron chi connectivity index (χ2n) is 7.61. The van der Waals surface area contributed by atoms with Crippen LogP contribution in [0.4, 0.5) is 4.39 Å². The Kier molecular flexibility index (Phi) is 9.32. The third-order valence-corrected chi connectivity index (χ3v) is 5.33. The van der Waals surface area contributed by atoms with Crippen LogP contribution in [-0.4, -0.2) is 53.5 Å². The van der Waals surface area contributed by atoms with Gasteiger partial charge in [-0.2, -0.15) is 0 Å². The minimum atomic E-state index is -0.396. The Bertz CT molecular complexity index is 715. The van der Waals surface area contributed by atoms with Crippen LogP contribution in [0, 0.1) is 5.82 Å². The maximum absolute atomic E-state index is 13.3. The molecule has 0 spiro atoms. The first-order valence-corrected chi connectivity index (χ1v) is 10.7. The lowest BCUT2D eigenvalue weighted by atomic mass is 10.0. The summed E-state index contributed by atoms with van der Waals surface area (Å²) in [5.74, 6) is -1.08. The second kappa shape index (κ2) is 11.7. The lowest BCUT2D eigenvalue weighted by Gasteiger charge is -2.20. The standard InChI is InChI=1S/C23H33FN2O3/c1-3-4-5-6-7-8-9-10-15-26-22(28)20(18-11-13-19(24)14-12-18)21(23(26)29)25(2)16-17-27/h11-14,27H,3-10,15-17H2,1-2H3. The molecule has 1 heterocycles. The molecule has 1 N–H and O–H groups in total. The van der Waals surface area contributed by atoms with Crippen LogP contribution in [0.5, 0.6) is 0 Å². The van der Waals surface area contributed by atoms with Crippen molar-refractivity contribution in [3.8, 4) is 0 Å². The van der Waals surface area contributed by atoms with Crippen LogP contribution in [0.15, 0.2) is 30.0 Å². The molecular weight excluding hydrogens is 371 g/mol. The van der Waals surface area contributed by atoms with Gasteiger partial charge in [-0.3, -0.25) is 14.5 Å². The summed E-state index contributed by atoms with van der Waals surface area (Å²) >= 11 is 0. The summed E-state index contributed by atoms with van der Waals surface area (Å²) in [6.45, 7) is 2.69. The van der Waals surface area contributed by atoms with E-state index in [-0.39, 0.29) is 36.2 Å². The molecule has 5 nitrogen and oxygen atoms in total. The molecule has 1 aromatic carbocycles. The minimum Gasteiger partial charge on any atom is -0.395 e.